The van der Waals surface area contributed by atoms with Crippen LogP contribution in [-0.2, 0) is 0 Å². The predicted molar refractivity (Wildman–Crippen MR) is 69.1 cm³/mol. The first-order valence-corrected chi connectivity index (χ1v) is 5.86. The first kappa shape index (κ1) is 12.9. The van der Waals surface area contributed by atoms with Crippen molar-refractivity contribution in [1.29, 1.82) is 10.7 Å². The van der Waals surface area contributed by atoms with E-state index in [1.54, 1.807) is 23.1 Å². The molecule has 1 aromatic carbocycles. The van der Waals surface area contributed by atoms with Crippen molar-refractivity contribution >= 4 is 11.9 Å². The van der Waals surface area contributed by atoms with Crippen molar-refractivity contribution in [2.24, 2.45) is 0 Å². The van der Waals surface area contributed by atoms with Crippen LogP contribution < -0.4 is 10.1 Å². The minimum Gasteiger partial charge on any atom is -0.495 e. The molecule has 0 bridgehead atoms. The number of nitriles is 1. The van der Waals surface area contributed by atoms with Crippen molar-refractivity contribution in [3.8, 4) is 11.8 Å². The molecule has 1 fully saturated rings. The van der Waals surface area contributed by atoms with Gasteiger partial charge in [0.25, 0.3) is 0 Å². The maximum Gasteiger partial charge on any atom is 0.323 e. The lowest BCUT2D eigenvalue weighted by atomic mass is 10.0. The lowest BCUT2D eigenvalue weighted by Gasteiger charge is -2.21. The SMILES string of the molecule is CCN1C(=O)NC(=N)C1c1ccc(OC)c(C#N)c1. The van der Waals surface area contributed by atoms with E-state index in [4.69, 9.17) is 15.4 Å². The Bertz CT molecular complexity index is 576. The van der Waals surface area contributed by atoms with Crippen LogP contribution in [-0.4, -0.2) is 30.4 Å². The summed E-state index contributed by atoms with van der Waals surface area (Å²) in [6, 6.07) is 6.40. The summed E-state index contributed by atoms with van der Waals surface area (Å²) in [6.45, 7) is 2.34. The van der Waals surface area contributed by atoms with Crippen LogP contribution in [0.5, 0.6) is 5.75 Å². The second kappa shape index (κ2) is 4.98. The number of rotatable bonds is 3. The summed E-state index contributed by atoms with van der Waals surface area (Å²) < 4.78 is 5.08. The van der Waals surface area contributed by atoms with Crippen LogP contribution in [0.3, 0.4) is 0 Å². The van der Waals surface area contributed by atoms with Gasteiger partial charge in [-0.3, -0.25) is 10.7 Å². The molecule has 1 unspecified atom stereocenters. The van der Waals surface area contributed by atoms with Crippen LogP contribution in [0.1, 0.15) is 24.1 Å². The fourth-order valence-corrected chi connectivity index (χ4v) is 2.18. The first-order chi connectivity index (χ1) is 9.12. The van der Waals surface area contributed by atoms with Gasteiger partial charge in [0.1, 0.15) is 23.7 Å². The van der Waals surface area contributed by atoms with E-state index >= 15 is 0 Å². The zero-order valence-electron chi connectivity index (χ0n) is 10.7. The number of nitrogens with zero attached hydrogens (tertiary/aromatic N) is 2. The number of urea groups is 1. The lowest BCUT2D eigenvalue weighted by Crippen LogP contribution is -2.29. The molecular formula is C13H14N4O2. The van der Waals surface area contributed by atoms with Crippen LogP contribution in [0.15, 0.2) is 18.2 Å². The third-order valence-corrected chi connectivity index (χ3v) is 3.09. The smallest absolute Gasteiger partial charge is 0.323 e. The number of amidine groups is 1. The number of likely N-dealkylation sites (N-methyl/N-ethyl adjacent to an activating group) is 1. The highest BCUT2D eigenvalue weighted by molar-refractivity contribution is 6.06. The summed E-state index contributed by atoms with van der Waals surface area (Å²) in [7, 11) is 1.50. The Labute approximate surface area is 111 Å². The summed E-state index contributed by atoms with van der Waals surface area (Å²) in [5.41, 5.74) is 1.12. The van der Waals surface area contributed by atoms with Gasteiger partial charge in [-0.2, -0.15) is 5.26 Å². The number of carbonyl (C=O) groups is 1. The fraction of sp³-hybridized carbons (Fsp3) is 0.308. The molecule has 1 aliphatic heterocycles. The molecule has 19 heavy (non-hydrogen) atoms. The van der Waals surface area contributed by atoms with E-state index in [9.17, 15) is 4.79 Å². The maximum atomic E-state index is 11.7. The van der Waals surface area contributed by atoms with Crippen LogP contribution in [0, 0.1) is 16.7 Å². The Morgan fingerprint density at radius 2 is 2.32 bits per heavy atom. The van der Waals surface area contributed by atoms with E-state index in [1.807, 2.05) is 13.0 Å². The Morgan fingerprint density at radius 1 is 1.58 bits per heavy atom. The Morgan fingerprint density at radius 3 is 2.89 bits per heavy atom. The predicted octanol–water partition coefficient (Wildman–Crippen LogP) is 1.63. The molecule has 1 heterocycles. The number of hydrogen-bond donors (Lipinski definition) is 2. The number of benzene rings is 1. The minimum atomic E-state index is -0.462. The van der Waals surface area contributed by atoms with Crippen molar-refractivity contribution in [3.63, 3.8) is 0 Å². The van der Waals surface area contributed by atoms with Crippen LogP contribution in [0.25, 0.3) is 0 Å². The Balaban J connectivity index is 2.44. The third-order valence-electron chi connectivity index (χ3n) is 3.09. The van der Waals surface area contributed by atoms with Gasteiger partial charge in [0, 0.05) is 6.54 Å². The molecule has 1 saturated heterocycles. The first-order valence-electron chi connectivity index (χ1n) is 5.86. The number of hydrogen-bond acceptors (Lipinski definition) is 4. The molecule has 2 amide bonds. The molecule has 6 heteroatoms. The molecular weight excluding hydrogens is 244 g/mol. The normalized spacial score (nSPS) is 18.2. The van der Waals surface area contributed by atoms with E-state index < -0.39 is 6.04 Å². The molecule has 1 aliphatic rings. The second-order valence-corrected chi connectivity index (χ2v) is 4.10. The largest absolute Gasteiger partial charge is 0.495 e. The standard InChI is InChI=1S/C13H14N4O2/c1-3-17-11(12(15)16-13(17)18)8-4-5-10(19-2)9(6-8)7-14/h4-6,11H,3H2,1-2H3,(H2,15,16,18). The van der Waals surface area contributed by atoms with E-state index in [0.29, 0.717) is 17.9 Å². The van der Waals surface area contributed by atoms with Gasteiger partial charge in [-0.1, -0.05) is 6.07 Å². The van der Waals surface area contributed by atoms with Gasteiger partial charge < -0.3 is 9.64 Å². The molecule has 0 saturated carbocycles. The highest BCUT2D eigenvalue weighted by Gasteiger charge is 2.35. The lowest BCUT2D eigenvalue weighted by molar-refractivity contribution is 0.209. The summed E-state index contributed by atoms with van der Waals surface area (Å²) in [6.07, 6.45) is 0. The van der Waals surface area contributed by atoms with E-state index in [-0.39, 0.29) is 11.9 Å². The van der Waals surface area contributed by atoms with Gasteiger partial charge in [0.2, 0.25) is 0 Å². The molecule has 0 aliphatic carbocycles. The van der Waals surface area contributed by atoms with E-state index in [2.05, 4.69) is 5.32 Å². The van der Waals surface area contributed by atoms with Crippen molar-refractivity contribution in [2.45, 2.75) is 13.0 Å². The molecule has 6 nitrogen and oxygen atoms in total. The zero-order chi connectivity index (χ0) is 14.0. The number of amides is 2. The highest BCUT2D eigenvalue weighted by Crippen LogP contribution is 2.29. The van der Waals surface area contributed by atoms with Crippen molar-refractivity contribution in [2.75, 3.05) is 13.7 Å². The monoisotopic (exact) mass is 258 g/mol. The molecule has 2 rings (SSSR count). The molecule has 2 N–H and O–H groups in total. The summed E-state index contributed by atoms with van der Waals surface area (Å²) >= 11 is 0. The topological polar surface area (TPSA) is 89.2 Å². The van der Waals surface area contributed by atoms with Crippen molar-refractivity contribution < 1.29 is 9.53 Å². The molecule has 0 radical (unpaired) electrons. The molecule has 0 aromatic heterocycles. The van der Waals surface area contributed by atoms with Gasteiger partial charge in [-0.25, -0.2) is 4.79 Å². The number of methoxy groups -OCH3 is 1. The van der Waals surface area contributed by atoms with Gasteiger partial charge in [0.05, 0.1) is 12.7 Å². The second-order valence-electron chi connectivity index (χ2n) is 4.10. The maximum absolute atomic E-state index is 11.7. The average Bonchev–Trinajstić information content (AvgIpc) is 2.71. The quantitative estimate of drug-likeness (QED) is 0.863. The van der Waals surface area contributed by atoms with Gasteiger partial charge >= 0.3 is 6.03 Å². The molecule has 1 atom stereocenters. The van der Waals surface area contributed by atoms with Crippen molar-refractivity contribution in [1.82, 2.24) is 10.2 Å². The summed E-state index contributed by atoms with van der Waals surface area (Å²) in [4.78, 5) is 13.2. The molecule has 98 valence electrons. The van der Waals surface area contributed by atoms with Gasteiger partial charge in [0.15, 0.2) is 0 Å². The Kier molecular flexibility index (Phi) is 3.38. The Hall–Kier alpha value is -2.55. The summed E-state index contributed by atoms with van der Waals surface area (Å²) in [5.74, 6) is 0.610. The molecule has 0 spiro atoms. The highest BCUT2D eigenvalue weighted by atomic mass is 16.5. The van der Waals surface area contributed by atoms with Crippen molar-refractivity contribution in [3.05, 3.63) is 29.3 Å². The van der Waals surface area contributed by atoms with Crippen LogP contribution in [0.2, 0.25) is 0 Å². The summed E-state index contributed by atoms with van der Waals surface area (Å²) in [5, 5.41) is 19.4. The number of carbonyl (C=O) groups excluding carboxylic acids is 1. The third kappa shape index (κ3) is 2.10. The fourth-order valence-electron chi connectivity index (χ4n) is 2.18. The van der Waals surface area contributed by atoms with Gasteiger partial charge in [-0.05, 0) is 24.6 Å². The van der Waals surface area contributed by atoms with E-state index in [1.165, 1.54) is 7.11 Å². The van der Waals surface area contributed by atoms with E-state index in [0.717, 1.165) is 5.56 Å². The minimum absolute atomic E-state index is 0.126. The number of nitrogens with one attached hydrogen (secondary N) is 2. The van der Waals surface area contributed by atoms with Gasteiger partial charge in [-0.15, -0.1) is 0 Å². The van der Waals surface area contributed by atoms with Crippen LogP contribution >= 0.6 is 0 Å². The van der Waals surface area contributed by atoms with Crippen LogP contribution in [0.4, 0.5) is 4.79 Å². The number of ether oxygens (including phenoxy) is 1. The molecule has 1 aromatic rings. The average molecular weight is 258 g/mol. The zero-order valence-corrected chi connectivity index (χ0v) is 10.7.